The van der Waals surface area contributed by atoms with E-state index in [1.165, 1.54) is 18.0 Å². The molecule has 132 valence electrons. The summed E-state index contributed by atoms with van der Waals surface area (Å²) < 4.78 is 0. The first-order valence-electron chi connectivity index (χ1n) is 8.28. The molecule has 2 heterocycles. The van der Waals surface area contributed by atoms with Crippen molar-refractivity contribution in [3.8, 4) is 22.5 Å². The average Bonchev–Trinajstić information content (AvgIpc) is 3.13. The molecule has 5 nitrogen and oxygen atoms in total. The van der Waals surface area contributed by atoms with Gasteiger partial charge in [0.25, 0.3) is 0 Å². The van der Waals surface area contributed by atoms with Crippen LogP contribution in [0.4, 0.5) is 0 Å². The maximum absolute atomic E-state index is 11.4. The monoisotopic (exact) mass is 373 g/mol. The van der Waals surface area contributed by atoms with E-state index in [2.05, 4.69) is 9.97 Å². The molecule has 4 rings (SSSR count). The van der Waals surface area contributed by atoms with Crippen molar-refractivity contribution in [2.75, 3.05) is 0 Å². The zero-order valence-electron chi connectivity index (χ0n) is 14.2. The smallest absolute Gasteiger partial charge is 0.338 e. The summed E-state index contributed by atoms with van der Waals surface area (Å²) in [5.41, 5.74) is 3.89. The number of nitrogens with one attached hydrogen (secondary N) is 1. The summed E-state index contributed by atoms with van der Waals surface area (Å²) >= 11 is 1.28. The van der Waals surface area contributed by atoms with Crippen molar-refractivity contribution in [2.24, 2.45) is 0 Å². The summed E-state index contributed by atoms with van der Waals surface area (Å²) in [6.45, 7) is 0. The molecular weight excluding hydrogens is 358 g/mol. The van der Waals surface area contributed by atoms with Gasteiger partial charge in [-0.2, -0.15) is 0 Å². The molecule has 0 bridgehead atoms. The minimum absolute atomic E-state index is 0.154. The zero-order chi connectivity index (χ0) is 18.6. The number of nitrogens with zero attached hydrogens (tertiary/aromatic N) is 2. The van der Waals surface area contributed by atoms with Crippen molar-refractivity contribution >= 4 is 17.7 Å². The van der Waals surface area contributed by atoms with E-state index < -0.39 is 5.97 Å². The van der Waals surface area contributed by atoms with Crippen molar-refractivity contribution in [1.29, 1.82) is 0 Å². The average molecular weight is 373 g/mol. The molecule has 4 aromatic rings. The predicted octanol–water partition coefficient (Wildman–Crippen LogP) is 4.99. The fraction of sp³-hybridized carbons (Fsp3) is 0. The molecule has 2 aromatic carbocycles. The summed E-state index contributed by atoms with van der Waals surface area (Å²) in [5, 5.41) is 10.0. The van der Waals surface area contributed by atoms with Crippen LogP contribution in [0.15, 0.2) is 89.2 Å². The highest BCUT2D eigenvalue weighted by atomic mass is 32.2. The number of aromatic nitrogens is 3. The van der Waals surface area contributed by atoms with E-state index in [-0.39, 0.29) is 5.56 Å². The number of pyridine rings is 1. The van der Waals surface area contributed by atoms with Gasteiger partial charge < -0.3 is 10.1 Å². The van der Waals surface area contributed by atoms with Gasteiger partial charge in [0.1, 0.15) is 0 Å². The highest BCUT2D eigenvalue weighted by molar-refractivity contribution is 7.99. The Balaban J connectivity index is 1.80. The Morgan fingerprint density at radius 2 is 1.59 bits per heavy atom. The molecule has 0 saturated heterocycles. The Bertz CT molecular complexity index is 1020. The van der Waals surface area contributed by atoms with E-state index in [1.807, 2.05) is 60.7 Å². The van der Waals surface area contributed by atoms with E-state index in [9.17, 15) is 9.90 Å². The highest BCUT2D eigenvalue weighted by Gasteiger charge is 2.17. The minimum atomic E-state index is -1.01. The topological polar surface area (TPSA) is 78.9 Å². The lowest BCUT2D eigenvalue weighted by Gasteiger charge is -2.02. The van der Waals surface area contributed by atoms with E-state index in [4.69, 9.17) is 4.98 Å². The Hall–Kier alpha value is -3.38. The third kappa shape index (κ3) is 3.61. The summed E-state index contributed by atoms with van der Waals surface area (Å²) in [7, 11) is 0. The Labute approximate surface area is 160 Å². The number of aromatic carboxylic acids is 1. The first-order chi connectivity index (χ1) is 13.2. The normalized spacial score (nSPS) is 10.7. The number of hydrogen-bond donors (Lipinski definition) is 2. The van der Waals surface area contributed by atoms with E-state index in [0.717, 1.165) is 22.5 Å². The molecule has 0 unspecified atom stereocenters. The number of carbonyl (C=O) groups is 1. The molecule has 0 amide bonds. The molecule has 0 atom stereocenters. The number of carboxylic acid groups (broad SMARTS) is 1. The van der Waals surface area contributed by atoms with Gasteiger partial charge in [-0.1, -0.05) is 72.4 Å². The first-order valence-corrected chi connectivity index (χ1v) is 9.10. The number of H-pyrrole nitrogens is 1. The van der Waals surface area contributed by atoms with Gasteiger partial charge in [0.15, 0.2) is 5.16 Å². The van der Waals surface area contributed by atoms with Crippen LogP contribution >= 0.6 is 11.8 Å². The molecule has 0 aliphatic carbocycles. The molecule has 0 aliphatic rings. The number of benzene rings is 2. The van der Waals surface area contributed by atoms with Gasteiger partial charge in [-0.25, -0.2) is 9.78 Å². The van der Waals surface area contributed by atoms with Gasteiger partial charge in [0, 0.05) is 28.4 Å². The van der Waals surface area contributed by atoms with Crippen LogP contribution < -0.4 is 0 Å². The van der Waals surface area contributed by atoms with Gasteiger partial charge in [-0.3, -0.25) is 4.98 Å². The second-order valence-corrected chi connectivity index (χ2v) is 6.81. The number of rotatable bonds is 5. The number of carboxylic acids is 1. The van der Waals surface area contributed by atoms with E-state index in [1.54, 1.807) is 12.3 Å². The van der Waals surface area contributed by atoms with Crippen LogP contribution in [0.1, 0.15) is 10.4 Å². The lowest BCUT2D eigenvalue weighted by Crippen LogP contribution is -1.99. The lowest BCUT2D eigenvalue weighted by atomic mass is 10.1. The molecular formula is C21H15N3O2S. The van der Waals surface area contributed by atoms with Crippen LogP contribution in [0.25, 0.3) is 22.5 Å². The van der Waals surface area contributed by atoms with Crippen molar-refractivity contribution < 1.29 is 9.90 Å². The molecule has 6 heteroatoms. The van der Waals surface area contributed by atoms with Crippen LogP contribution in [0.3, 0.4) is 0 Å². The second-order valence-electron chi connectivity index (χ2n) is 5.78. The molecule has 2 N–H and O–H groups in total. The van der Waals surface area contributed by atoms with Crippen molar-refractivity contribution in [3.05, 3.63) is 84.7 Å². The number of aromatic amines is 1. The van der Waals surface area contributed by atoms with E-state index in [0.29, 0.717) is 10.1 Å². The fourth-order valence-corrected chi connectivity index (χ4v) is 3.63. The van der Waals surface area contributed by atoms with Crippen LogP contribution in [0.2, 0.25) is 0 Å². The largest absolute Gasteiger partial charge is 0.478 e. The summed E-state index contributed by atoms with van der Waals surface area (Å²) in [5.74, 6) is -1.01. The molecule has 0 radical (unpaired) electrons. The maximum Gasteiger partial charge on any atom is 0.338 e. The first kappa shape index (κ1) is 17.1. The minimum Gasteiger partial charge on any atom is -0.478 e. The second kappa shape index (κ2) is 7.47. The summed E-state index contributed by atoms with van der Waals surface area (Å²) in [6, 6.07) is 21.5. The van der Waals surface area contributed by atoms with Gasteiger partial charge in [0.2, 0.25) is 0 Å². The van der Waals surface area contributed by atoms with Crippen molar-refractivity contribution in [2.45, 2.75) is 10.1 Å². The van der Waals surface area contributed by atoms with E-state index >= 15 is 0 Å². The van der Waals surface area contributed by atoms with Gasteiger partial charge in [0.05, 0.1) is 17.0 Å². The Kier molecular flexibility index (Phi) is 4.72. The summed E-state index contributed by atoms with van der Waals surface area (Å²) in [4.78, 5) is 24.0. The van der Waals surface area contributed by atoms with Crippen molar-refractivity contribution in [3.63, 3.8) is 0 Å². The predicted molar refractivity (Wildman–Crippen MR) is 105 cm³/mol. The fourth-order valence-electron chi connectivity index (χ4n) is 2.75. The SMILES string of the molecule is O=C(O)c1cnccc1Sc1nc(-c2ccccc2)c(-c2ccccc2)[nH]1. The van der Waals surface area contributed by atoms with Crippen LogP contribution in [0.5, 0.6) is 0 Å². The van der Waals surface area contributed by atoms with Crippen LogP contribution in [0, 0.1) is 0 Å². The molecule has 27 heavy (non-hydrogen) atoms. The number of imidazole rings is 1. The Morgan fingerprint density at radius 1 is 0.926 bits per heavy atom. The van der Waals surface area contributed by atoms with Crippen LogP contribution in [-0.2, 0) is 0 Å². The summed E-state index contributed by atoms with van der Waals surface area (Å²) in [6.07, 6.45) is 2.93. The quantitative estimate of drug-likeness (QED) is 0.515. The third-order valence-corrected chi connectivity index (χ3v) is 4.97. The van der Waals surface area contributed by atoms with Gasteiger partial charge in [-0.05, 0) is 6.07 Å². The lowest BCUT2D eigenvalue weighted by molar-refractivity contribution is 0.0692. The third-order valence-electron chi connectivity index (χ3n) is 4.01. The van der Waals surface area contributed by atoms with Crippen LogP contribution in [-0.4, -0.2) is 26.0 Å². The molecule has 0 spiro atoms. The van der Waals surface area contributed by atoms with Gasteiger partial charge >= 0.3 is 5.97 Å². The zero-order valence-corrected chi connectivity index (χ0v) is 15.0. The Morgan fingerprint density at radius 3 is 2.26 bits per heavy atom. The molecule has 0 aliphatic heterocycles. The van der Waals surface area contributed by atoms with Crippen molar-refractivity contribution in [1.82, 2.24) is 15.0 Å². The highest BCUT2D eigenvalue weighted by Crippen LogP contribution is 2.35. The standard InChI is InChI=1S/C21H15N3O2S/c25-20(26)16-13-22-12-11-17(16)27-21-23-18(14-7-3-1-4-8-14)19(24-21)15-9-5-2-6-10-15/h1-13H,(H,23,24)(H,25,26). The molecule has 2 aromatic heterocycles. The number of hydrogen-bond acceptors (Lipinski definition) is 4. The molecule has 0 fully saturated rings. The maximum atomic E-state index is 11.4. The molecule has 0 saturated carbocycles. The van der Waals surface area contributed by atoms with Gasteiger partial charge in [-0.15, -0.1) is 0 Å².